The molecule has 0 N–H and O–H groups in total. The molecule has 0 aliphatic rings. The zero-order valence-electron chi connectivity index (χ0n) is 5.14. The molecule has 2 heteroatoms. The molecule has 0 aromatic rings. The summed E-state index contributed by atoms with van der Waals surface area (Å²) in [5.41, 5.74) is 0. The van der Waals surface area contributed by atoms with Crippen LogP contribution in [0, 0.1) is 0 Å². The molecule has 0 aromatic heterocycles. The Morgan fingerprint density at radius 1 is 0.625 bits per heavy atom. The van der Waals surface area contributed by atoms with E-state index in [0.717, 1.165) is 0 Å². The molecule has 0 amide bonds. The molecule has 0 rings (SSSR count). The monoisotopic (exact) mass is 246 g/mol. The molecule has 0 aromatic carbocycles. The van der Waals surface area contributed by atoms with Gasteiger partial charge in [0.25, 0.3) is 0 Å². The van der Waals surface area contributed by atoms with Crippen molar-refractivity contribution in [2.45, 2.75) is 36.3 Å². The van der Waals surface area contributed by atoms with Crippen molar-refractivity contribution in [2.75, 3.05) is 0 Å². The van der Waals surface area contributed by atoms with Crippen molar-refractivity contribution in [3.05, 3.63) is 0 Å². The Kier molecular flexibility index (Phi) is 9.08. The number of hydrogen-bond acceptors (Lipinski definition) is 0. The van der Waals surface area contributed by atoms with Gasteiger partial charge in [-0.15, -0.1) is 0 Å². The van der Waals surface area contributed by atoms with Gasteiger partial charge in [-0.1, -0.05) is 0 Å². The van der Waals surface area contributed by atoms with E-state index in [1.54, 1.807) is 0 Å². The summed E-state index contributed by atoms with van der Waals surface area (Å²) in [4.78, 5) is 0. The minimum atomic E-state index is 1.30. The molecule has 0 aliphatic carbocycles. The summed E-state index contributed by atoms with van der Waals surface area (Å²) in [5.74, 6) is 0. The van der Waals surface area contributed by atoms with E-state index >= 15 is 0 Å². The summed E-state index contributed by atoms with van der Waals surface area (Å²) in [6.07, 6.45) is 5.64. The molecule has 0 saturated carbocycles. The summed E-state index contributed by atoms with van der Waals surface area (Å²) in [7, 11) is 0. The van der Waals surface area contributed by atoms with Crippen molar-refractivity contribution in [2.24, 2.45) is 0 Å². The van der Waals surface area contributed by atoms with Gasteiger partial charge >= 0.3 is 68.3 Å². The van der Waals surface area contributed by atoms with Crippen LogP contribution in [0.15, 0.2) is 0 Å². The van der Waals surface area contributed by atoms with E-state index in [9.17, 15) is 0 Å². The van der Waals surface area contributed by atoms with Gasteiger partial charge < -0.3 is 0 Å². The fraction of sp³-hybridized carbons (Fsp3) is 1.00. The van der Waals surface area contributed by atoms with Crippen LogP contribution in [0.2, 0.25) is 10.6 Å². The van der Waals surface area contributed by atoms with Gasteiger partial charge in [-0.05, 0) is 0 Å². The van der Waals surface area contributed by atoms with E-state index in [4.69, 9.17) is 0 Å². The fourth-order valence-electron chi connectivity index (χ4n) is 0.577. The first kappa shape index (κ1) is 9.04. The van der Waals surface area contributed by atoms with E-state index in [-0.39, 0.29) is 0 Å². The van der Waals surface area contributed by atoms with Crippen molar-refractivity contribution < 1.29 is 0 Å². The second kappa shape index (κ2) is 8.04. The first-order chi connectivity index (χ1) is 3.91. The van der Waals surface area contributed by atoms with Crippen LogP contribution in [-0.2, 0) is 0 Å². The van der Waals surface area contributed by atoms with Gasteiger partial charge in [0.05, 0.1) is 0 Å². The third kappa shape index (κ3) is 7.04. The molecular formula is C6H14Se2. The molecular weight excluding hydrogens is 230 g/mol. The van der Waals surface area contributed by atoms with E-state index in [1.807, 2.05) is 0 Å². The molecule has 0 aliphatic heterocycles. The van der Waals surface area contributed by atoms with Crippen LogP contribution in [0.3, 0.4) is 0 Å². The number of rotatable bonds is 5. The summed E-state index contributed by atoms with van der Waals surface area (Å²) in [5, 5.41) is 2.59. The topological polar surface area (TPSA) is 0 Å². The van der Waals surface area contributed by atoms with E-state index in [2.05, 4.69) is 32.0 Å². The Labute approximate surface area is 68.4 Å². The Morgan fingerprint density at radius 2 is 1.00 bits per heavy atom. The summed E-state index contributed by atoms with van der Waals surface area (Å²) in [6, 6.07) is 0. The van der Waals surface area contributed by atoms with Crippen LogP contribution < -0.4 is 0 Å². The van der Waals surface area contributed by atoms with Crippen LogP contribution in [-0.4, -0.2) is 32.0 Å². The third-order valence-corrected chi connectivity index (χ3v) is 2.39. The Balaban J connectivity index is 2.53. The zero-order chi connectivity index (χ0) is 6.24. The van der Waals surface area contributed by atoms with Gasteiger partial charge in [0.15, 0.2) is 0 Å². The molecule has 0 heterocycles. The van der Waals surface area contributed by atoms with Crippen LogP contribution in [0.5, 0.6) is 0 Å². The Hall–Kier alpha value is 1.04. The summed E-state index contributed by atoms with van der Waals surface area (Å²) < 4.78 is 0. The predicted octanol–water partition coefficient (Wildman–Crippen LogP) is 1.18. The SMILES string of the molecule is [SeH]CCCCCC[SeH]. The Bertz CT molecular complexity index is 31.5. The van der Waals surface area contributed by atoms with E-state index in [0.29, 0.717) is 0 Å². The van der Waals surface area contributed by atoms with Crippen molar-refractivity contribution >= 4 is 32.0 Å². The number of hydrogen-bond donors (Lipinski definition) is 0. The van der Waals surface area contributed by atoms with Gasteiger partial charge in [-0.3, -0.25) is 0 Å². The van der Waals surface area contributed by atoms with Crippen molar-refractivity contribution in [1.82, 2.24) is 0 Å². The summed E-state index contributed by atoms with van der Waals surface area (Å²) >= 11 is 5.27. The van der Waals surface area contributed by atoms with E-state index in [1.165, 1.54) is 36.3 Å². The van der Waals surface area contributed by atoms with Gasteiger partial charge in [-0.2, -0.15) is 0 Å². The first-order valence-electron chi connectivity index (χ1n) is 3.13. The average molecular weight is 244 g/mol. The molecule has 0 bridgehead atoms. The van der Waals surface area contributed by atoms with Crippen molar-refractivity contribution in [3.8, 4) is 0 Å². The molecule has 0 saturated heterocycles. The molecule has 0 unspecified atom stereocenters. The molecule has 0 nitrogen and oxygen atoms in total. The second-order valence-corrected chi connectivity index (χ2v) is 3.74. The second-order valence-electron chi connectivity index (χ2n) is 1.86. The van der Waals surface area contributed by atoms with Gasteiger partial charge in [0, 0.05) is 0 Å². The molecule has 50 valence electrons. The number of unbranched alkanes of at least 4 members (excludes halogenated alkanes) is 3. The molecule has 8 heavy (non-hydrogen) atoms. The minimum absolute atomic E-state index is 1.30. The van der Waals surface area contributed by atoms with E-state index < -0.39 is 0 Å². The quantitative estimate of drug-likeness (QED) is 0.503. The summed E-state index contributed by atoms with van der Waals surface area (Å²) in [6.45, 7) is 0. The standard InChI is InChI=1S/C6H14Se2/c7-5-3-1-2-4-6-8/h7-8H,1-6H2. The zero-order valence-corrected chi connectivity index (χ0v) is 8.89. The van der Waals surface area contributed by atoms with Gasteiger partial charge in [0.2, 0.25) is 0 Å². The first-order valence-corrected chi connectivity index (χ1v) is 5.79. The van der Waals surface area contributed by atoms with Crippen LogP contribution >= 0.6 is 0 Å². The van der Waals surface area contributed by atoms with Gasteiger partial charge in [-0.25, -0.2) is 0 Å². The molecule has 0 atom stereocenters. The van der Waals surface area contributed by atoms with Crippen LogP contribution in [0.4, 0.5) is 0 Å². The average Bonchev–Trinajstić information content (AvgIpc) is 1.81. The van der Waals surface area contributed by atoms with Gasteiger partial charge in [0.1, 0.15) is 0 Å². The molecule has 0 spiro atoms. The Morgan fingerprint density at radius 3 is 1.25 bits per heavy atom. The predicted molar refractivity (Wildman–Crippen MR) is 42.4 cm³/mol. The normalized spacial score (nSPS) is 9.75. The van der Waals surface area contributed by atoms with Crippen molar-refractivity contribution in [3.63, 3.8) is 0 Å². The maximum absolute atomic E-state index is 2.63. The fourth-order valence-corrected chi connectivity index (χ4v) is 1.52. The van der Waals surface area contributed by atoms with Crippen LogP contribution in [0.1, 0.15) is 25.7 Å². The maximum atomic E-state index is 2.63. The molecule has 0 radical (unpaired) electrons. The third-order valence-electron chi connectivity index (χ3n) is 1.07. The van der Waals surface area contributed by atoms with Crippen LogP contribution in [0.25, 0.3) is 0 Å². The molecule has 0 fully saturated rings. The van der Waals surface area contributed by atoms with Crippen molar-refractivity contribution in [1.29, 1.82) is 0 Å².